The zero-order valence-corrected chi connectivity index (χ0v) is 19.2. The Bertz CT molecular complexity index is 1190. The third kappa shape index (κ3) is 6.18. The topological polar surface area (TPSA) is 91.4 Å². The molecule has 0 unspecified atom stereocenters. The fourth-order valence-corrected chi connectivity index (χ4v) is 3.75. The summed E-state index contributed by atoms with van der Waals surface area (Å²) in [5, 5.41) is 8.34. The van der Waals surface area contributed by atoms with Crippen LogP contribution >= 0.6 is 0 Å². The number of amides is 2. The number of alkyl halides is 3. The lowest BCUT2D eigenvalue weighted by molar-refractivity contribution is -0.138. The van der Waals surface area contributed by atoms with Crippen molar-refractivity contribution in [3.8, 4) is 11.6 Å². The summed E-state index contributed by atoms with van der Waals surface area (Å²) in [5.74, 6) is 1.67. The number of hydrogen-bond acceptors (Lipinski definition) is 6. The third-order valence-electron chi connectivity index (χ3n) is 5.56. The Morgan fingerprint density at radius 2 is 1.80 bits per heavy atom. The van der Waals surface area contributed by atoms with Crippen molar-refractivity contribution < 1.29 is 22.7 Å². The number of anilines is 3. The van der Waals surface area contributed by atoms with E-state index >= 15 is 0 Å². The summed E-state index contributed by atoms with van der Waals surface area (Å²) < 4.78 is 45.1. The molecule has 0 radical (unpaired) electrons. The van der Waals surface area contributed by atoms with Gasteiger partial charge in [-0.25, -0.2) is 14.8 Å². The van der Waals surface area contributed by atoms with Crippen LogP contribution in [0.1, 0.15) is 18.1 Å². The Kier molecular flexibility index (Phi) is 7.06. The van der Waals surface area contributed by atoms with Crippen LogP contribution in [-0.2, 0) is 6.18 Å². The van der Waals surface area contributed by atoms with E-state index in [1.807, 2.05) is 0 Å². The molecule has 1 saturated heterocycles. The van der Waals surface area contributed by atoms with Gasteiger partial charge in [-0.2, -0.15) is 13.2 Å². The fourth-order valence-electron chi connectivity index (χ4n) is 3.75. The van der Waals surface area contributed by atoms with Crippen LogP contribution in [0.4, 0.5) is 35.2 Å². The van der Waals surface area contributed by atoms with E-state index in [0.29, 0.717) is 23.4 Å². The van der Waals surface area contributed by atoms with Gasteiger partial charge in [0.15, 0.2) is 0 Å². The Hall–Kier alpha value is -3.86. The van der Waals surface area contributed by atoms with E-state index in [2.05, 4.69) is 37.7 Å². The van der Waals surface area contributed by atoms with Crippen LogP contribution in [0.15, 0.2) is 54.9 Å². The van der Waals surface area contributed by atoms with Gasteiger partial charge in [0.2, 0.25) is 5.88 Å². The van der Waals surface area contributed by atoms with Gasteiger partial charge in [0, 0.05) is 43.1 Å². The number of rotatable bonds is 5. The minimum Gasteiger partial charge on any atom is -0.439 e. The van der Waals surface area contributed by atoms with Crippen LogP contribution in [0, 0.1) is 6.92 Å². The van der Waals surface area contributed by atoms with Crippen molar-refractivity contribution in [3.05, 3.63) is 66.0 Å². The fraction of sp³-hybridized carbons (Fsp3) is 0.292. The van der Waals surface area contributed by atoms with Crippen molar-refractivity contribution in [3.63, 3.8) is 0 Å². The third-order valence-corrected chi connectivity index (χ3v) is 5.56. The zero-order chi connectivity index (χ0) is 25.0. The Balaban J connectivity index is 1.37. The van der Waals surface area contributed by atoms with E-state index in [0.717, 1.165) is 31.5 Å². The van der Waals surface area contributed by atoms with Crippen molar-refractivity contribution in [1.82, 2.24) is 15.3 Å². The molecular weight excluding hydrogens is 461 g/mol. The lowest BCUT2D eigenvalue weighted by Crippen LogP contribution is -2.50. The molecule has 8 nitrogen and oxygen atoms in total. The van der Waals surface area contributed by atoms with E-state index in [1.54, 1.807) is 30.3 Å². The molecule has 11 heteroatoms. The molecule has 2 heterocycles. The Morgan fingerprint density at radius 3 is 2.51 bits per heavy atom. The zero-order valence-electron chi connectivity index (χ0n) is 19.2. The number of hydrogen-bond donors (Lipinski definition) is 3. The summed E-state index contributed by atoms with van der Waals surface area (Å²) in [5.41, 5.74) is -0.233. The summed E-state index contributed by atoms with van der Waals surface area (Å²) in [7, 11) is 0. The first-order chi connectivity index (χ1) is 16.7. The lowest BCUT2D eigenvalue weighted by atomic mass is 10.1. The SMILES string of the molecule is Cc1ccc(NC(=O)Nc2ccc(Oc3cc(N4CCNC[C@H]4C)ncn3)cc2)cc1C(F)(F)F. The summed E-state index contributed by atoms with van der Waals surface area (Å²) >= 11 is 0. The number of benzene rings is 2. The van der Waals surface area contributed by atoms with E-state index < -0.39 is 17.8 Å². The first-order valence-electron chi connectivity index (χ1n) is 11.0. The number of carbonyl (C=O) groups is 1. The molecule has 1 aliphatic heterocycles. The van der Waals surface area contributed by atoms with Crippen LogP contribution in [0.25, 0.3) is 0 Å². The predicted octanol–water partition coefficient (Wildman–Crippen LogP) is 5.04. The first kappa shape index (κ1) is 24.3. The average Bonchev–Trinajstić information content (AvgIpc) is 2.81. The summed E-state index contributed by atoms with van der Waals surface area (Å²) in [6.45, 7) is 6.06. The predicted molar refractivity (Wildman–Crippen MR) is 127 cm³/mol. The molecule has 3 aromatic rings. The van der Waals surface area contributed by atoms with Gasteiger partial charge >= 0.3 is 12.2 Å². The number of nitrogens with one attached hydrogen (secondary N) is 3. The van der Waals surface area contributed by atoms with Crippen molar-refractivity contribution >= 4 is 23.2 Å². The number of halogens is 3. The highest BCUT2D eigenvalue weighted by Gasteiger charge is 2.32. The monoisotopic (exact) mass is 486 g/mol. The summed E-state index contributed by atoms with van der Waals surface area (Å²) in [4.78, 5) is 23.0. The highest BCUT2D eigenvalue weighted by atomic mass is 19.4. The maximum atomic E-state index is 13.1. The second-order valence-electron chi connectivity index (χ2n) is 8.19. The molecule has 0 bridgehead atoms. The van der Waals surface area contributed by atoms with Crippen LogP contribution < -0.4 is 25.6 Å². The van der Waals surface area contributed by atoms with E-state index in [1.165, 1.54) is 25.4 Å². The molecule has 2 amide bonds. The molecule has 2 aromatic carbocycles. The number of carbonyl (C=O) groups excluding carboxylic acids is 1. The molecule has 1 aromatic heterocycles. The minimum absolute atomic E-state index is 0.0405. The highest BCUT2D eigenvalue weighted by molar-refractivity contribution is 5.99. The summed E-state index contributed by atoms with van der Waals surface area (Å²) in [6.07, 6.45) is -3.04. The van der Waals surface area contributed by atoms with Crippen LogP contribution in [0.2, 0.25) is 0 Å². The van der Waals surface area contributed by atoms with Gasteiger partial charge in [0.1, 0.15) is 17.9 Å². The molecule has 1 fully saturated rings. The van der Waals surface area contributed by atoms with Gasteiger partial charge in [0.25, 0.3) is 0 Å². The normalized spacial score (nSPS) is 16.0. The summed E-state index contributed by atoms with van der Waals surface area (Å²) in [6, 6.07) is 11.6. The average molecular weight is 486 g/mol. The van der Waals surface area contributed by atoms with Gasteiger partial charge < -0.3 is 25.6 Å². The molecule has 184 valence electrons. The van der Waals surface area contributed by atoms with Crippen LogP contribution in [0.3, 0.4) is 0 Å². The smallest absolute Gasteiger partial charge is 0.416 e. The Morgan fingerprint density at radius 1 is 1.09 bits per heavy atom. The Labute approximate surface area is 200 Å². The molecular formula is C24H25F3N6O2. The number of nitrogens with zero attached hydrogens (tertiary/aromatic N) is 3. The standard InChI is InChI=1S/C24H25F3N6O2/c1-15-3-4-18(11-20(15)24(25,26)27)32-23(34)31-17-5-7-19(8-6-17)35-22-12-21(29-14-30-22)33-10-9-28-13-16(33)2/h3-8,11-12,14,16,28H,9-10,13H2,1-2H3,(H2,31,32,34)/t16-/m1/s1. The van der Waals surface area contributed by atoms with Crippen molar-refractivity contribution in [2.24, 2.45) is 0 Å². The van der Waals surface area contributed by atoms with Gasteiger partial charge in [-0.1, -0.05) is 6.07 Å². The second kappa shape index (κ2) is 10.2. The van der Waals surface area contributed by atoms with E-state index in [4.69, 9.17) is 4.74 Å². The molecule has 0 aliphatic carbocycles. The van der Waals surface area contributed by atoms with Crippen molar-refractivity contribution in [2.75, 3.05) is 35.2 Å². The number of aromatic nitrogens is 2. The van der Waals surface area contributed by atoms with Crippen LogP contribution in [-0.4, -0.2) is 41.7 Å². The number of urea groups is 1. The van der Waals surface area contributed by atoms with Gasteiger partial charge in [-0.05, 0) is 55.8 Å². The molecule has 0 spiro atoms. The second-order valence-corrected chi connectivity index (χ2v) is 8.19. The molecule has 0 saturated carbocycles. The van der Waals surface area contributed by atoms with E-state index in [-0.39, 0.29) is 11.3 Å². The minimum atomic E-state index is -4.50. The number of ether oxygens (including phenoxy) is 1. The maximum Gasteiger partial charge on any atom is 0.416 e. The van der Waals surface area contributed by atoms with Crippen LogP contribution in [0.5, 0.6) is 11.6 Å². The lowest BCUT2D eigenvalue weighted by Gasteiger charge is -2.34. The van der Waals surface area contributed by atoms with Crippen molar-refractivity contribution in [2.45, 2.75) is 26.1 Å². The molecule has 1 aliphatic rings. The molecule has 3 N–H and O–H groups in total. The van der Waals surface area contributed by atoms with Gasteiger partial charge in [-0.15, -0.1) is 0 Å². The van der Waals surface area contributed by atoms with Crippen molar-refractivity contribution in [1.29, 1.82) is 0 Å². The molecule has 1 atom stereocenters. The van der Waals surface area contributed by atoms with Gasteiger partial charge in [0.05, 0.1) is 5.56 Å². The highest BCUT2D eigenvalue weighted by Crippen LogP contribution is 2.33. The number of piperazine rings is 1. The van der Waals surface area contributed by atoms with Gasteiger partial charge in [-0.3, -0.25) is 0 Å². The molecule has 35 heavy (non-hydrogen) atoms. The first-order valence-corrected chi connectivity index (χ1v) is 11.0. The quantitative estimate of drug-likeness (QED) is 0.468. The van der Waals surface area contributed by atoms with E-state index in [9.17, 15) is 18.0 Å². The maximum absolute atomic E-state index is 13.1. The largest absolute Gasteiger partial charge is 0.439 e. The number of aryl methyl sites for hydroxylation is 1. The molecule has 4 rings (SSSR count).